The molecule has 1 N–H and O–H groups in total. The summed E-state index contributed by atoms with van der Waals surface area (Å²) in [6, 6.07) is 12.4. The molecule has 7 nitrogen and oxygen atoms in total. The van der Waals surface area contributed by atoms with Gasteiger partial charge in [0.25, 0.3) is 11.5 Å². The van der Waals surface area contributed by atoms with E-state index in [4.69, 9.17) is 0 Å². The molecule has 0 fully saturated rings. The number of aromatic nitrogens is 3. The average molecular weight is 476 g/mol. The molecule has 1 aromatic carbocycles. The summed E-state index contributed by atoms with van der Waals surface area (Å²) in [4.78, 5) is 30.0. The van der Waals surface area contributed by atoms with Crippen LogP contribution in [0.4, 0.5) is 0 Å². The van der Waals surface area contributed by atoms with Crippen LogP contribution < -0.4 is 10.9 Å². The van der Waals surface area contributed by atoms with Gasteiger partial charge in [0.05, 0.1) is 11.8 Å². The van der Waals surface area contributed by atoms with Crippen LogP contribution in [0.3, 0.4) is 0 Å². The fourth-order valence-corrected chi connectivity index (χ4v) is 5.74. The summed E-state index contributed by atoms with van der Waals surface area (Å²) < 4.78 is 3.51. The largest absolute Gasteiger partial charge is 0.352 e. The zero-order chi connectivity index (χ0) is 23.7. The van der Waals surface area contributed by atoms with Gasteiger partial charge in [-0.1, -0.05) is 30.3 Å². The van der Waals surface area contributed by atoms with Crippen LogP contribution >= 0.6 is 11.3 Å². The van der Waals surface area contributed by atoms with Crippen molar-refractivity contribution < 1.29 is 4.79 Å². The predicted molar refractivity (Wildman–Crippen MR) is 134 cm³/mol. The van der Waals surface area contributed by atoms with E-state index in [2.05, 4.69) is 57.3 Å². The Morgan fingerprint density at radius 2 is 2.03 bits per heavy atom. The standard InChI is InChI=1S/C26H29N5O2S/c1-3-30-22-10-13-29(16-19-7-5-4-6-8-19)17-21(22)26(33)31-25(30)20(15-28-31)24(32)27-12-9-23-18(2)11-14-34-23/h4-8,11,14-15H,3,9-10,12-13,16-17H2,1-2H3,(H,27,32). The molecule has 176 valence electrons. The fraction of sp³-hybridized carbons (Fsp3) is 0.346. The van der Waals surface area contributed by atoms with Crippen LogP contribution in [-0.4, -0.2) is 38.1 Å². The van der Waals surface area contributed by atoms with Crippen molar-refractivity contribution in [3.63, 3.8) is 0 Å². The normalized spacial score (nSPS) is 13.8. The number of nitrogens with zero attached hydrogens (tertiary/aromatic N) is 4. The van der Waals surface area contributed by atoms with Crippen molar-refractivity contribution in [2.75, 3.05) is 13.1 Å². The summed E-state index contributed by atoms with van der Waals surface area (Å²) in [5, 5.41) is 9.43. The smallest absolute Gasteiger partial charge is 0.279 e. The molecule has 1 amide bonds. The molecule has 34 heavy (non-hydrogen) atoms. The molecule has 0 unspecified atom stereocenters. The highest BCUT2D eigenvalue weighted by Gasteiger charge is 2.27. The Bertz CT molecular complexity index is 1390. The minimum absolute atomic E-state index is 0.124. The lowest BCUT2D eigenvalue weighted by atomic mass is 10.0. The van der Waals surface area contributed by atoms with Gasteiger partial charge in [-0.15, -0.1) is 11.3 Å². The van der Waals surface area contributed by atoms with Gasteiger partial charge in [-0.25, -0.2) is 0 Å². The van der Waals surface area contributed by atoms with Crippen molar-refractivity contribution in [3.8, 4) is 0 Å². The third-order valence-corrected chi connectivity index (χ3v) is 7.67. The summed E-state index contributed by atoms with van der Waals surface area (Å²) >= 11 is 1.71. The van der Waals surface area contributed by atoms with Gasteiger partial charge in [0.1, 0.15) is 5.56 Å². The topological polar surface area (TPSA) is 71.6 Å². The number of benzene rings is 1. The SMILES string of the molecule is CCn1c2c(c(=O)n3ncc(C(=O)NCCc4sccc4C)c13)CN(Cc1ccccc1)CC2. The highest BCUT2D eigenvalue weighted by atomic mass is 32.1. The second-order valence-electron chi connectivity index (χ2n) is 8.75. The molecule has 0 spiro atoms. The first kappa shape index (κ1) is 22.6. The lowest BCUT2D eigenvalue weighted by molar-refractivity contribution is 0.0955. The van der Waals surface area contributed by atoms with Crippen molar-refractivity contribution in [1.82, 2.24) is 24.4 Å². The van der Waals surface area contributed by atoms with Crippen LogP contribution in [0.2, 0.25) is 0 Å². The van der Waals surface area contributed by atoms with Gasteiger partial charge in [0, 0.05) is 49.7 Å². The summed E-state index contributed by atoms with van der Waals surface area (Å²) in [5.41, 5.74) is 5.21. The Kier molecular flexibility index (Phi) is 6.34. The molecular weight excluding hydrogens is 446 g/mol. The van der Waals surface area contributed by atoms with Crippen LogP contribution in [0, 0.1) is 6.92 Å². The summed E-state index contributed by atoms with van der Waals surface area (Å²) in [7, 11) is 0. The molecule has 3 aromatic heterocycles. The maximum atomic E-state index is 13.4. The van der Waals surface area contributed by atoms with Crippen molar-refractivity contribution in [2.24, 2.45) is 0 Å². The Hall–Kier alpha value is -3.23. The number of carbonyl (C=O) groups is 1. The Morgan fingerprint density at radius 3 is 2.76 bits per heavy atom. The Balaban J connectivity index is 1.41. The minimum Gasteiger partial charge on any atom is -0.352 e. The van der Waals surface area contributed by atoms with Crippen LogP contribution in [-0.2, 0) is 32.5 Å². The van der Waals surface area contributed by atoms with Crippen molar-refractivity contribution in [2.45, 2.75) is 46.3 Å². The highest BCUT2D eigenvalue weighted by molar-refractivity contribution is 7.10. The van der Waals surface area contributed by atoms with Gasteiger partial charge < -0.3 is 9.88 Å². The maximum Gasteiger partial charge on any atom is 0.279 e. The van der Waals surface area contributed by atoms with Crippen molar-refractivity contribution in [3.05, 3.63) is 91.2 Å². The van der Waals surface area contributed by atoms with E-state index in [9.17, 15) is 9.59 Å². The van der Waals surface area contributed by atoms with Gasteiger partial charge in [-0.2, -0.15) is 9.61 Å². The lowest BCUT2D eigenvalue weighted by Crippen LogP contribution is -2.38. The number of nitrogens with one attached hydrogen (secondary N) is 1. The summed E-state index contributed by atoms with van der Waals surface area (Å²) in [6.07, 6.45) is 3.09. The Morgan fingerprint density at radius 1 is 1.21 bits per heavy atom. The van der Waals surface area contributed by atoms with Crippen molar-refractivity contribution in [1.29, 1.82) is 0 Å². The molecule has 1 aliphatic heterocycles. The molecule has 8 heteroatoms. The Labute approximate surface area is 202 Å². The molecular formula is C26H29N5O2S. The first-order chi connectivity index (χ1) is 16.6. The number of rotatable bonds is 7. The second kappa shape index (κ2) is 9.56. The molecule has 4 aromatic rings. The molecule has 0 radical (unpaired) electrons. The van der Waals surface area contributed by atoms with Crippen LogP contribution in [0.5, 0.6) is 0 Å². The van der Waals surface area contributed by atoms with E-state index in [1.165, 1.54) is 26.7 Å². The van der Waals surface area contributed by atoms with Gasteiger partial charge in [-0.3, -0.25) is 14.5 Å². The van der Waals surface area contributed by atoms with Crippen LogP contribution in [0.25, 0.3) is 5.65 Å². The summed E-state index contributed by atoms with van der Waals surface area (Å²) in [5.74, 6) is -0.188. The second-order valence-corrected chi connectivity index (χ2v) is 9.75. The molecule has 1 aliphatic rings. The van der Waals surface area contributed by atoms with Gasteiger partial charge in [-0.05, 0) is 42.8 Å². The van der Waals surface area contributed by atoms with Gasteiger partial charge >= 0.3 is 0 Å². The molecule has 0 saturated carbocycles. The first-order valence-electron chi connectivity index (χ1n) is 11.8. The predicted octanol–water partition coefficient (Wildman–Crippen LogP) is 3.42. The van der Waals surface area contributed by atoms with E-state index >= 15 is 0 Å². The molecule has 4 heterocycles. The van der Waals surface area contributed by atoms with Gasteiger partial charge in [0.15, 0.2) is 5.65 Å². The molecule has 0 atom stereocenters. The number of fused-ring (bicyclic) bond motifs is 2. The zero-order valence-corrected chi connectivity index (χ0v) is 20.4. The van der Waals surface area contributed by atoms with E-state index in [1.807, 2.05) is 18.2 Å². The fourth-order valence-electron chi connectivity index (χ4n) is 4.83. The molecule has 5 rings (SSSR count). The lowest BCUT2D eigenvalue weighted by Gasteiger charge is -2.30. The number of hydrogen-bond acceptors (Lipinski definition) is 5. The number of thiophene rings is 1. The zero-order valence-electron chi connectivity index (χ0n) is 19.6. The monoisotopic (exact) mass is 475 g/mol. The molecule has 0 aliphatic carbocycles. The number of hydrogen-bond donors (Lipinski definition) is 1. The van der Waals surface area contributed by atoms with E-state index in [0.717, 1.165) is 37.2 Å². The number of carbonyl (C=O) groups excluding carboxylic acids is 1. The highest BCUT2D eigenvalue weighted by Crippen LogP contribution is 2.22. The number of amides is 1. The average Bonchev–Trinajstić information content (AvgIpc) is 3.47. The van der Waals surface area contributed by atoms with E-state index in [-0.39, 0.29) is 11.5 Å². The van der Waals surface area contributed by atoms with Crippen LogP contribution in [0.1, 0.15) is 44.5 Å². The van der Waals surface area contributed by atoms with E-state index < -0.39 is 0 Å². The third-order valence-electron chi connectivity index (χ3n) is 6.59. The quantitative estimate of drug-likeness (QED) is 0.445. The van der Waals surface area contributed by atoms with E-state index in [1.54, 1.807) is 11.3 Å². The number of aryl methyl sites for hydroxylation is 2. The van der Waals surface area contributed by atoms with Crippen molar-refractivity contribution >= 4 is 22.9 Å². The van der Waals surface area contributed by atoms with E-state index in [0.29, 0.717) is 30.8 Å². The minimum atomic E-state index is -0.188. The third kappa shape index (κ3) is 4.19. The van der Waals surface area contributed by atoms with Gasteiger partial charge in [0.2, 0.25) is 0 Å². The summed E-state index contributed by atoms with van der Waals surface area (Å²) in [6.45, 7) is 7.62. The molecule has 0 saturated heterocycles. The molecule has 0 bridgehead atoms. The van der Waals surface area contributed by atoms with Crippen LogP contribution in [0.15, 0.2) is 52.8 Å². The maximum absolute atomic E-state index is 13.4. The first-order valence-corrected chi connectivity index (χ1v) is 12.6.